The van der Waals surface area contributed by atoms with Gasteiger partial charge in [-0.25, -0.2) is 8.42 Å². The Morgan fingerprint density at radius 1 is 1.00 bits per heavy atom. The van der Waals surface area contributed by atoms with Gasteiger partial charge in [-0.15, -0.1) is 0 Å². The third kappa shape index (κ3) is 4.75. The van der Waals surface area contributed by atoms with Crippen LogP contribution in [0, 0.1) is 0 Å². The highest BCUT2D eigenvalue weighted by atomic mass is 32.2. The van der Waals surface area contributed by atoms with Crippen molar-refractivity contribution in [2.45, 2.75) is 30.6 Å². The van der Waals surface area contributed by atoms with Crippen molar-refractivity contribution in [2.75, 3.05) is 18.1 Å². The lowest BCUT2D eigenvalue weighted by Crippen LogP contribution is -2.07. The standard InChI is InChI=1S/C12H19NO3S/c13-11-5-7-12(8-6-11)17(15,16)10-4-2-1-3-9-14/h5-8,14H,1-4,9-10,13H2. The molecule has 0 atom stereocenters. The van der Waals surface area contributed by atoms with Crippen molar-refractivity contribution < 1.29 is 13.5 Å². The van der Waals surface area contributed by atoms with E-state index in [1.165, 1.54) is 0 Å². The summed E-state index contributed by atoms with van der Waals surface area (Å²) in [5, 5.41) is 8.60. The number of unbranched alkanes of at least 4 members (excludes halogenated alkanes) is 3. The zero-order valence-corrected chi connectivity index (χ0v) is 10.6. The van der Waals surface area contributed by atoms with Gasteiger partial charge in [-0.3, -0.25) is 0 Å². The molecule has 0 bridgehead atoms. The van der Waals surface area contributed by atoms with E-state index >= 15 is 0 Å². The van der Waals surface area contributed by atoms with Crippen LogP contribution >= 0.6 is 0 Å². The zero-order valence-electron chi connectivity index (χ0n) is 9.80. The molecule has 0 aliphatic heterocycles. The summed E-state index contributed by atoms with van der Waals surface area (Å²) in [6.07, 6.45) is 3.07. The summed E-state index contributed by atoms with van der Waals surface area (Å²) in [6, 6.07) is 6.27. The zero-order chi connectivity index (χ0) is 12.7. The predicted molar refractivity (Wildman–Crippen MR) is 68.5 cm³/mol. The summed E-state index contributed by atoms with van der Waals surface area (Å²) >= 11 is 0. The number of hydrogen-bond donors (Lipinski definition) is 2. The molecule has 0 aromatic heterocycles. The Morgan fingerprint density at radius 3 is 2.18 bits per heavy atom. The number of benzene rings is 1. The van der Waals surface area contributed by atoms with Gasteiger partial charge in [-0.05, 0) is 37.1 Å². The summed E-state index contributed by atoms with van der Waals surface area (Å²) in [4.78, 5) is 0.328. The Bertz CT molecular complexity index is 426. The molecule has 17 heavy (non-hydrogen) atoms. The van der Waals surface area contributed by atoms with E-state index < -0.39 is 9.84 Å². The van der Waals surface area contributed by atoms with Crippen molar-refractivity contribution in [3.05, 3.63) is 24.3 Å². The van der Waals surface area contributed by atoms with E-state index in [9.17, 15) is 8.42 Å². The SMILES string of the molecule is Nc1ccc(S(=O)(=O)CCCCCCO)cc1. The Balaban J connectivity index is 2.48. The van der Waals surface area contributed by atoms with E-state index in [0.717, 1.165) is 19.3 Å². The maximum atomic E-state index is 11.9. The molecule has 0 aliphatic rings. The minimum atomic E-state index is -3.18. The number of aliphatic hydroxyl groups excluding tert-OH is 1. The van der Waals surface area contributed by atoms with E-state index in [2.05, 4.69) is 0 Å². The van der Waals surface area contributed by atoms with Crippen LogP contribution in [0.1, 0.15) is 25.7 Å². The number of anilines is 1. The van der Waals surface area contributed by atoms with Gasteiger partial charge >= 0.3 is 0 Å². The predicted octanol–water partition coefficient (Wildman–Crippen LogP) is 1.60. The maximum absolute atomic E-state index is 11.9. The molecule has 0 saturated heterocycles. The lowest BCUT2D eigenvalue weighted by Gasteiger charge is -2.04. The number of nitrogen functional groups attached to an aromatic ring is 1. The number of nitrogens with two attached hydrogens (primary N) is 1. The molecule has 1 rings (SSSR count). The van der Waals surface area contributed by atoms with E-state index in [4.69, 9.17) is 10.8 Å². The average Bonchev–Trinajstić information content (AvgIpc) is 2.29. The molecule has 4 nitrogen and oxygen atoms in total. The molecule has 5 heteroatoms. The smallest absolute Gasteiger partial charge is 0.178 e. The fourth-order valence-corrected chi connectivity index (χ4v) is 2.92. The van der Waals surface area contributed by atoms with Gasteiger partial charge in [0.2, 0.25) is 0 Å². The summed E-state index contributed by atoms with van der Waals surface area (Å²) < 4.78 is 23.8. The average molecular weight is 257 g/mol. The molecular weight excluding hydrogens is 238 g/mol. The first-order chi connectivity index (χ1) is 8.06. The van der Waals surface area contributed by atoms with Gasteiger partial charge in [0.15, 0.2) is 9.84 Å². The fraction of sp³-hybridized carbons (Fsp3) is 0.500. The van der Waals surface area contributed by atoms with Crippen LogP contribution in [-0.2, 0) is 9.84 Å². The summed E-state index contributed by atoms with van der Waals surface area (Å²) in [5.41, 5.74) is 6.07. The summed E-state index contributed by atoms with van der Waals surface area (Å²) in [6.45, 7) is 0.171. The molecule has 0 fully saturated rings. The largest absolute Gasteiger partial charge is 0.399 e. The van der Waals surface area contributed by atoms with Gasteiger partial charge in [-0.1, -0.05) is 12.8 Å². The molecule has 1 aromatic carbocycles. The van der Waals surface area contributed by atoms with Crippen LogP contribution in [0.2, 0.25) is 0 Å². The molecule has 0 heterocycles. The number of rotatable bonds is 7. The quantitative estimate of drug-likeness (QED) is 0.574. The number of sulfone groups is 1. The van der Waals surface area contributed by atoms with Gasteiger partial charge in [0, 0.05) is 12.3 Å². The third-order valence-electron chi connectivity index (χ3n) is 2.56. The minimum absolute atomic E-state index is 0.155. The fourth-order valence-electron chi connectivity index (χ4n) is 1.55. The Labute approximate surface area is 102 Å². The van der Waals surface area contributed by atoms with E-state index in [1.807, 2.05) is 0 Å². The normalized spacial score (nSPS) is 11.6. The second kappa shape index (κ2) is 6.61. The minimum Gasteiger partial charge on any atom is -0.399 e. The van der Waals surface area contributed by atoms with Crippen LogP contribution in [0.25, 0.3) is 0 Å². The maximum Gasteiger partial charge on any atom is 0.178 e. The van der Waals surface area contributed by atoms with Crippen molar-refractivity contribution in [2.24, 2.45) is 0 Å². The highest BCUT2D eigenvalue weighted by Gasteiger charge is 2.13. The van der Waals surface area contributed by atoms with E-state index in [-0.39, 0.29) is 12.4 Å². The van der Waals surface area contributed by atoms with Crippen molar-refractivity contribution in [1.82, 2.24) is 0 Å². The topological polar surface area (TPSA) is 80.4 Å². The molecule has 0 spiro atoms. The van der Waals surface area contributed by atoms with Crippen molar-refractivity contribution >= 4 is 15.5 Å². The second-order valence-electron chi connectivity index (χ2n) is 4.03. The number of aliphatic hydroxyl groups is 1. The molecular formula is C12H19NO3S. The highest BCUT2D eigenvalue weighted by Crippen LogP contribution is 2.15. The Kier molecular flexibility index (Phi) is 5.44. The van der Waals surface area contributed by atoms with Gasteiger partial charge in [0.25, 0.3) is 0 Å². The van der Waals surface area contributed by atoms with Gasteiger partial charge in [0.05, 0.1) is 10.6 Å². The first-order valence-electron chi connectivity index (χ1n) is 5.75. The van der Waals surface area contributed by atoms with Gasteiger partial charge in [-0.2, -0.15) is 0 Å². The molecule has 0 radical (unpaired) electrons. The molecule has 0 unspecified atom stereocenters. The van der Waals surface area contributed by atoms with Crippen LogP contribution in [0.4, 0.5) is 5.69 Å². The van der Waals surface area contributed by atoms with Crippen LogP contribution in [0.5, 0.6) is 0 Å². The molecule has 3 N–H and O–H groups in total. The van der Waals surface area contributed by atoms with Crippen molar-refractivity contribution in [3.63, 3.8) is 0 Å². The van der Waals surface area contributed by atoms with Gasteiger partial charge < -0.3 is 10.8 Å². The Morgan fingerprint density at radius 2 is 1.59 bits per heavy atom. The first kappa shape index (κ1) is 14.0. The third-order valence-corrected chi connectivity index (χ3v) is 4.38. The molecule has 0 aliphatic carbocycles. The van der Waals surface area contributed by atoms with E-state index in [0.29, 0.717) is 17.0 Å². The lowest BCUT2D eigenvalue weighted by molar-refractivity contribution is 0.283. The van der Waals surface area contributed by atoms with Crippen LogP contribution < -0.4 is 5.73 Å². The molecule has 0 saturated carbocycles. The monoisotopic (exact) mass is 257 g/mol. The van der Waals surface area contributed by atoms with Crippen molar-refractivity contribution in [3.8, 4) is 0 Å². The van der Waals surface area contributed by atoms with Gasteiger partial charge in [0.1, 0.15) is 0 Å². The van der Waals surface area contributed by atoms with Crippen LogP contribution in [0.15, 0.2) is 29.2 Å². The van der Waals surface area contributed by atoms with Crippen molar-refractivity contribution in [1.29, 1.82) is 0 Å². The first-order valence-corrected chi connectivity index (χ1v) is 7.40. The lowest BCUT2D eigenvalue weighted by atomic mass is 10.2. The molecule has 96 valence electrons. The molecule has 0 amide bonds. The molecule has 1 aromatic rings. The summed E-state index contributed by atoms with van der Waals surface area (Å²) in [7, 11) is -3.18. The number of hydrogen-bond acceptors (Lipinski definition) is 4. The second-order valence-corrected chi connectivity index (χ2v) is 6.13. The highest BCUT2D eigenvalue weighted by molar-refractivity contribution is 7.91. The summed E-state index contributed by atoms with van der Waals surface area (Å²) in [5.74, 6) is 0.155. The van der Waals surface area contributed by atoms with Crippen LogP contribution in [0.3, 0.4) is 0 Å². The van der Waals surface area contributed by atoms with Crippen LogP contribution in [-0.4, -0.2) is 25.9 Å². The van der Waals surface area contributed by atoms with E-state index in [1.54, 1.807) is 24.3 Å². The Hall–Kier alpha value is -1.07.